The number of hydrogen-bond donors (Lipinski definition) is 2. The van der Waals surface area contributed by atoms with E-state index in [1.54, 1.807) is 12.1 Å². The van der Waals surface area contributed by atoms with Crippen molar-refractivity contribution < 1.29 is 17.7 Å². The minimum atomic E-state index is -3.74. The first-order valence-corrected chi connectivity index (χ1v) is 9.91. The van der Waals surface area contributed by atoms with Gasteiger partial charge in [-0.25, -0.2) is 8.42 Å². The Balaban J connectivity index is 2.21. The van der Waals surface area contributed by atoms with E-state index in [4.69, 9.17) is 9.26 Å². The molecule has 2 rings (SSSR count). The normalized spacial score (nSPS) is 14.4. The highest BCUT2D eigenvalue weighted by Gasteiger charge is 2.28. The average molecular weight is 382 g/mol. The zero-order valence-electron chi connectivity index (χ0n) is 15.7. The highest BCUT2D eigenvalue weighted by Crippen LogP contribution is 2.24. The summed E-state index contributed by atoms with van der Waals surface area (Å²) in [6.07, 6.45) is 0.593. The van der Waals surface area contributed by atoms with E-state index in [9.17, 15) is 8.42 Å². The predicted molar refractivity (Wildman–Crippen MR) is 97.4 cm³/mol. The Kier molecular flexibility index (Phi) is 6.74. The molecule has 0 saturated carbocycles. The van der Waals surface area contributed by atoms with E-state index in [0.717, 1.165) is 0 Å². The van der Waals surface area contributed by atoms with Gasteiger partial charge < -0.3 is 14.6 Å². The molecule has 2 unspecified atom stereocenters. The highest BCUT2D eigenvalue weighted by atomic mass is 32.2. The third kappa shape index (κ3) is 5.03. The average Bonchev–Trinajstić information content (AvgIpc) is 3.07. The number of rotatable bonds is 9. The van der Waals surface area contributed by atoms with E-state index < -0.39 is 16.1 Å². The summed E-state index contributed by atoms with van der Waals surface area (Å²) in [5.74, 6) is 1.31. The Morgan fingerprint density at radius 3 is 2.38 bits per heavy atom. The van der Waals surface area contributed by atoms with E-state index in [1.165, 1.54) is 19.2 Å². The van der Waals surface area contributed by atoms with Crippen LogP contribution in [0.15, 0.2) is 33.7 Å². The third-order valence-corrected chi connectivity index (χ3v) is 5.51. The molecule has 0 aliphatic rings. The van der Waals surface area contributed by atoms with E-state index >= 15 is 0 Å². The van der Waals surface area contributed by atoms with Gasteiger partial charge in [-0.3, -0.25) is 0 Å². The van der Waals surface area contributed by atoms with Crippen molar-refractivity contribution in [2.24, 2.45) is 5.92 Å². The molecule has 26 heavy (non-hydrogen) atoms. The first-order valence-electron chi connectivity index (χ1n) is 8.43. The van der Waals surface area contributed by atoms with Crippen molar-refractivity contribution in [2.45, 2.75) is 44.2 Å². The Morgan fingerprint density at radius 2 is 1.85 bits per heavy atom. The smallest absolute Gasteiger partial charge is 0.245 e. The second kappa shape index (κ2) is 8.61. The molecule has 2 atom stereocenters. The van der Waals surface area contributed by atoms with Crippen LogP contribution in [0.1, 0.15) is 38.5 Å². The van der Waals surface area contributed by atoms with E-state index in [0.29, 0.717) is 18.0 Å². The van der Waals surface area contributed by atoms with Gasteiger partial charge in [0.2, 0.25) is 15.9 Å². The SMILES string of the molecule is CNC(C)Cc1noc(C(NS(=O)(=O)c2ccc(OC)cc2)C(C)C)n1. The fourth-order valence-electron chi connectivity index (χ4n) is 2.31. The van der Waals surface area contributed by atoms with E-state index in [-0.39, 0.29) is 22.7 Å². The largest absolute Gasteiger partial charge is 0.497 e. The standard InChI is InChI=1S/C17H26N4O4S/c1-11(2)16(17-19-15(20-25-17)10-12(3)18-4)21-26(22,23)14-8-6-13(24-5)7-9-14/h6-9,11-12,16,18,21H,10H2,1-5H3. The van der Waals surface area contributed by atoms with Crippen molar-refractivity contribution in [3.8, 4) is 5.75 Å². The summed E-state index contributed by atoms with van der Waals surface area (Å²) in [5.41, 5.74) is 0. The maximum Gasteiger partial charge on any atom is 0.245 e. The lowest BCUT2D eigenvalue weighted by Crippen LogP contribution is -2.32. The monoisotopic (exact) mass is 382 g/mol. The van der Waals surface area contributed by atoms with Crippen LogP contribution in [0.25, 0.3) is 0 Å². The second-order valence-corrected chi connectivity index (χ2v) is 8.18. The van der Waals surface area contributed by atoms with Crippen LogP contribution in [0.5, 0.6) is 5.75 Å². The van der Waals surface area contributed by atoms with Crippen molar-refractivity contribution >= 4 is 10.0 Å². The predicted octanol–water partition coefficient (Wildman–Crippen LogP) is 1.90. The molecule has 0 fully saturated rings. The number of nitrogens with one attached hydrogen (secondary N) is 2. The van der Waals surface area contributed by atoms with Crippen LogP contribution < -0.4 is 14.8 Å². The molecular weight excluding hydrogens is 356 g/mol. The van der Waals surface area contributed by atoms with Crippen LogP contribution >= 0.6 is 0 Å². The summed E-state index contributed by atoms with van der Waals surface area (Å²) < 4.78 is 38.4. The molecule has 0 aliphatic heterocycles. The lowest BCUT2D eigenvalue weighted by molar-refractivity contribution is 0.308. The molecule has 0 spiro atoms. The molecule has 1 aromatic carbocycles. The minimum Gasteiger partial charge on any atom is -0.497 e. The Hall–Kier alpha value is -1.97. The van der Waals surface area contributed by atoms with Gasteiger partial charge in [0.1, 0.15) is 11.8 Å². The van der Waals surface area contributed by atoms with Crippen LogP contribution in [-0.4, -0.2) is 38.8 Å². The summed E-state index contributed by atoms with van der Waals surface area (Å²) in [7, 11) is -0.363. The lowest BCUT2D eigenvalue weighted by atomic mass is 10.1. The third-order valence-electron chi connectivity index (χ3n) is 4.05. The number of aromatic nitrogens is 2. The minimum absolute atomic E-state index is 0.0713. The number of sulfonamides is 1. The molecule has 2 N–H and O–H groups in total. The van der Waals surface area contributed by atoms with Gasteiger partial charge in [-0.1, -0.05) is 19.0 Å². The van der Waals surface area contributed by atoms with Gasteiger partial charge in [-0.2, -0.15) is 9.71 Å². The number of methoxy groups -OCH3 is 1. The van der Waals surface area contributed by atoms with E-state index in [1.807, 2.05) is 27.8 Å². The molecule has 0 saturated heterocycles. The number of hydrogen-bond acceptors (Lipinski definition) is 7. The highest BCUT2D eigenvalue weighted by molar-refractivity contribution is 7.89. The van der Waals surface area contributed by atoms with Gasteiger partial charge in [0, 0.05) is 12.5 Å². The Bertz CT molecular complexity index is 802. The van der Waals surface area contributed by atoms with Gasteiger partial charge >= 0.3 is 0 Å². The Morgan fingerprint density at radius 1 is 1.19 bits per heavy atom. The molecule has 8 nitrogen and oxygen atoms in total. The molecule has 1 aromatic heterocycles. The van der Waals surface area contributed by atoms with Gasteiger partial charge in [0.05, 0.1) is 12.0 Å². The maximum absolute atomic E-state index is 12.7. The van der Waals surface area contributed by atoms with Crippen molar-refractivity contribution in [2.75, 3.05) is 14.2 Å². The summed E-state index contributed by atoms with van der Waals surface area (Å²) in [6, 6.07) is 5.76. The topological polar surface area (TPSA) is 106 Å². The Labute approximate surface area is 154 Å². The molecule has 1 heterocycles. The summed E-state index contributed by atoms with van der Waals surface area (Å²) in [4.78, 5) is 4.51. The maximum atomic E-state index is 12.7. The first kappa shape index (κ1) is 20.3. The molecule has 2 aromatic rings. The molecule has 9 heteroatoms. The molecule has 0 amide bonds. The molecule has 0 bridgehead atoms. The zero-order valence-corrected chi connectivity index (χ0v) is 16.5. The van der Waals surface area contributed by atoms with Gasteiger partial charge in [0.25, 0.3) is 0 Å². The van der Waals surface area contributed by atoms with Crippen molar-refractivity contribution in [3.63, 3.8) is 0 Å². The van der Waals surface area contributed by atoms with Gasteiger partial charge in [-0.15, -0.1) is 0 Å². The second-order valence-electron chi connectivity index (χ2n) is 6.46. The molecular formula is C17H26N4O4S. The quantitative estimate of drug-likeness (QED) is 0.682. The molecule has 0 radical (unpaired) electrons. The number of likely N-dealkylation sites (N-methyl/N-ethyl adjacent to an activating group) is 1. The summed E-state index contributed by atoms with van der Waals surface area (Å²) in [6.45, 7) is 5.78. The zero-order chi connectivity index (χ0) is 19.3. The summed E-state index contributed by atoms with van der Waals surface area (Å²) in [5, 5.41) is 7.06. The van der Waals surface area contributed by atoms with Crippen LogP contribution in [-0.2, 0) is 16.4 Å². The number of ether oxygens (including phenoxy) is 1. The lowest BCUT2D eigenvalue weighted by Gasteiger charge is -2.18. The van der Waals surface area contributed by atoms with E-state index in [2.05, 4.69) is 20.2 Å². The van der Waals surface area contributed by atoms with Crippen molar-refractivity contribution in [1.29, 1.82) is 0 Å². The number of nitrogens with zero attached hydrogens (tertiary/aromatic N) is 2. The van der Waals surface area contributed by atoms with Crippen LogP contribution in [0.3, 0.4) is 0 Å². The fraction of sp³-hybridized carbons (Fsp3) is 0.529. The number of benzene rings is 1. The van der Waals surface area contributed by atoms with Crippen LogP contribution in [0, 0.1) is 5.92 Å². The first-order chi connectivity index (χ1) is 12.3. The van der Waals surface area contributed by atoms with Crippen LogP contribution in [0.2, 0.25) is 0 Å². The summed E-state index contributed by atoms with van der Waals surface area (Å²) >= 11 is 0. The molecule has 144 valence electrons. The van der Waals surface area contributed by atoms with Crippen molar-refractivity contribution in [1.82, 2.24) is 20.2 Å². The molecule has 0 aliphatic carbocycles. The van der Waals surface area contributed by atoms with Crippen molar-refractivity contribution in [3.05, 3.63) is 36.0 Å². The van der Waals surface area contributed by atoms with Gasteiger partial charge in [-0.05, 0) is 44.2 Å². The van der Waals surface area contributed by atoms with Gasteiger partial charge in [0.15, 0.2) is 5.82 Å². The fourth-order valence-corrected chi connectivity index (χ4v) is 3.65. The van der Waals surface area contributed by atoms with Crippen LogP contribution in [0.4, 0.5) is 0 Å².